The highest BCUT2D eigenvalue weighted by atomic mass is 16.6. The van der Waals surface area contributed by atoms with Gasteiger partial charge in [-0.25, -0.2) is 0 Å². The number of nitrogens with one attached hydrogen (secondary N) is 2. The van der Waals surface area contributed by atoms with Crippen LogP contribution < -0.4 is 20.1 Å². The smallest absolute Gasteiger partial charge is 0.234 e. The van der Waals surface area contributed by atoms with E-state index in [0.717, 1.165) is 17.1 Å². The topological polar surface area (TPSA) is 59.6 Å². The Morgan fingerprint density at radius 2 is 1.90 bits per heavy atom. The van der Waals surface area contributed by atoms with E-state index in [-0.39, 0.29) is 11.4 Å². The van der Waals surface area contributed by atoms with Gasteiger partial charge in [-0.3, -0.25) is 4.79 Å². The van der Waals surface area contributed by atoms with Crippen LogP contribution in [-0.2, 0) is 11.3 Å². The van der Waals surface area contributed by atoms with Gasteiger partial charge in [0, 0.05) is 12.1 Å². The van der Waals surface area contributed by atoms with Crippen LogP contribution in [0.3, 0.4) is 0 Å². The van der Waals surface area contributed by atoms with Gasteiger partial charge < -0.3 is 20.1 Å². The molecule has 0 radical (unpaired) electrons. The summed E-state index contributed by atoms with van der Waals surface area (Å²) in [6, 6.07) is 5.72. The molecule has 0 aromatic heterocycles. The average molecular weight is 278 g/mol. The summed E-state index contributed by atoms with van der Waals surface area (Å²) in [5.74, 6) is 1.49. The van der Waals surface area contributed by atoms with Gasteiger partial charge in [0.05, 0.1) is 6.54 Å². The molecule has 5 nitrogen and oxygen atoms in total. The number of amides is 1. The normalized spacial score (nSPS) is 13.9. The van der Waals surface area contributed by atoms with Crippen LogP contribution in [-0.4, -0.2) is 31.2 Å². The molecule has 0 saturated heterocycles. The Morgan fingerprint density at radius 1 is 1.20 bits per heavy atom. The lowest BCUT2D eigenvalue weighted by molar-refractivity contribution is -0.120. The molecular weight excluding hydrogens is 256 g/mol. The van der Waals surface area contributed by atoms with Crippen molar-refractivity contribution < 1.29 is 14.3 Å². The van der Waals surface area contributed by atoms with Crippen LogP contribution in [0.5, 0.6) is 11.5 Å². The lowest BCUT2D eigenvalue weighted by atomic mass is 10.1. The van der Waals surface area contributed by atoms with Gasteiger partial charge in [-0.2, -0.15) is 0 Å². The Kier molecular flexibility index (Phi) is 4.49. The zero-order chi connectivity index (χ0) is 14.6. The minimum atomic E-state index is -0.0612. The molecule has 2 N–H and O–H groups in total. The van der Waals surface area contributed by atoms with E-state index in [9.17, 15) is 4.79 Å². The Balaban J connectivity index is 1.83. The second-order valence-corrected chi connectivity index (χ2v) is 5.86. The van der Waals surface area contributed by atoms with Crippen molar-refractivity contribution in [3.05, 3.63) is 23.8 Å². The number of fused-ring (bicyclic) bond motifs is 1. The summed E-state index contributed by atoms with van der Waals surface area (Å²) in [6.45, 7) is 8.04. The average Bonchev–Trinajstić information content (AvgIpc) is 2.42. The summed E-state index contributed by atoms with van der Waals surface area (Å²) in [5, 5.41) is 6.03. The van der Waals surface area contributed by atoms with E-state index in [4.69, 9.17) is 9.47 Å². The predicted octanol–water partition coefficient (Wildman–Crippen LogP) is 1.46. The second-order valence-electron chi connectivity index (χ2n) is 5.86. The van der Waals surface area contributed by atoms with Crippen LogP contribution in [0.4, 0.5) is 0 Å². The summed E-state index contributed by atoms with van der Waals surface area (Å²) < 4.78 is 11.0. The van der Waals surface area contributed by atoms with E-state index < -0.39 is 0 Å². The molecule has 20 heavy (non-hydrogen) atoms. The number of ether oxygens (including phenoxy) is 2. The van der Waals surface area contributed by atoms with Gasteiger partial charge in [-0.1, -0.05) is 6.07 Å². The van der Waals surface area contributed by atoms with Crippen molar-refractivity contribution in [2.45, 2.75) is 32.9 Å². The molecule has 110 valence electrons. The van der Waals surface area contributed by atoms with Gasteiger partial charge >= 0.3 is 0 Å². The predicted molar refractivity (Wildman–Crippen MR) is 77.0 cm³/mol. The van der Waals surface area contributed by atoms with Gasteiger partial charge in [0.15, 0.2) is 11.5 Å². The number of hydrogen-bond acceptors (Lipinski definition) is 4. The first kappa shape index (κ1) is 14.7. The number of hydrogen-bond donors (Lipinski definition) is 2. The minimum absolute atomic E-state index is 0.0187. The highest BCUT2D eigenvalue weighted by Gasteiger charge is 2.13. The van der Waals surface area contributed by atoms with Gasteiger partial charge in [0.2, 0.25) is 5.91 Å². The number of benzene rings is 1. The summed E-state index contributed by atoms with van der Waals surface area (Å²) in [7, 11) is 0. The van der Waals surface area contributed by atoms with Gasteiger partial charge in [0.1, 0.15) is 13.2 Å². The Bertz CT molecular complexity index is 480. The quantitative estimate of drug-likeness (QED) is 0.875. The molecule has 1 aliphatic heterocycles. The SMILES string of the molecule is CC(C)(C)NCC(=O)NCc1ccc2c(c1)OCCO2. The van der Waals surface area contributed by atoms with Crippen molar-refractivity contribution in [2.24, 2.45) is 0 Å². The molecular formula is C15H22N2O3. The Hall–Kier alpha value is -1.75. The van der Waals surface area contributed by atoms with Crippen molar-refractivity contribution >= 4 is 5.91 Å². The third-order valence-corrected chi connectivity index (χ3v) is 2.88. The second kappa shape index (κ2) is 6.13. The van der Waals surface area contributed by atoms with Gasteiger partial charge in [-0.05, 0) is 38.5 Å². The van der Waals surface area contributed by atoms with Crippen molar-refractivity contribution in [3.8, 4) is 11.5 Å². The highest BCUT2D eigenvalue weighted by Crippen LogP contribution is 2.30. The highest BCUT2D eigenvalue weighted by molar-refractivity contribution is 5.78. The minimum Gasteiger partial charge on any atom is -0.486 e. The maximum Gasteiger partial charge on any atom is 0.234 e. The lowest BCUT2D eigenvalue weighted by Crippen LogP contribution is -2.43. The molecule has 5 heteroatoms. The summed E-state index contributed by atoms with van der Waals surface area (Å²) >= 11 is 0. The molecule has 0 aliphatic carbocycles. The molecule has 0 bridgehead atoms. The van der Waals surface area contributed by atoms with Gasteiger partial charge in [0.25, 0.3) is 0 Å². The summed E-state index contributed by atoms with van der Waals surface area (Å²) in [6.07, 6.45) is 0. The number of rotatable bonds is 4. The molecule has 0 spiro atoms. The fourth-order valence-corrected chi connectivity index (χ4v) is 1.81. The molecule has 0 atom stereocenters. The van der Waals surface area contributed by atoms with Gasteiger partial charge in [-0.15, -0.1) is 0 Å². The van der Waals surface area contributed by atoms with E-state index in [1.807, 2.05) is 39.0 Å². The summed E-state index contributed by atoms with van der Waals surface area (Å²) in [5.41, 5.74) is 0.937. The first-order valence-electron chi connectivity index (χ1n) is 6.84. The zero-order valence-electron chi connectivity index (χ0n) is 12.3. The van der Waals surface area contributed by atoms with Crippen LogP contribution in [0.15, 0.2) is 18.2 Å². The fourth-order valence-electron chi connectivity index (χ4n) is 1.81. The van der Waals surface area contributed by atoms with Crippen LogP contribution in [0.25, 0.3) is 0 Å². The first-order chi connectivity index (χ1) is 9.44. The van der Waals surface area contributed by atoms with Crippen molar-refractivity contribution in [3.63, 3.8) is 0 Å². The molecule has 1 aliphatic rings. The molecule has 1 heterocycles. The van der Waals surface area contributed by atoms with Crippen LogP contribution in [0.2, 0.25) is 0 Å². The monoisotopic (exact) mass is 278 g/mol. The third kappa shape index (κ3) is 4.42. The maximum absolute atomic E-state index is 11.7. The van der Waals surface area contributed by atoms with E-state index in [1.165, 1.54) is 0 Å². The number of carbonyl (C=O) groups is 1. The maximum atomic E-state index is 11.7. The van der Waals surface area contributed by atoms with E-state index in [2.05, 4.69) is 10.6 Å². The Labute approximate surface area is 119 Å². The molecule has 2 rings (SSSR count). The molecule has 1 aromatic rings. The van der Waals surface area contributed by atoms with Crippen molar-refractivity contribution in [2.75, 3.05) is 19.8 Å². The van der Waals surface area contributed by atoms with Crippen LogP contribution in [0, 0.1) is 0 Å². The zero-order valence-corrected chi connectivity index (χ0v) is 12.3. The molecule has 0 unspecified atom stereocenters. The van der Waals surface area contributed by atoms with Crippen LogP contribution in [0.1, 0.15) is 26.3 Å². The lowest BCUT2D eigenvalue weighted by Gasteiger charge is -2.20. The van der Waals surface area contributed by atoms with Crippen LogP contribution >= 0.6 is 0 Å². The van der Waals surface area contributed by atoms with E-state index in [1.54, 1.807) is 0 Å². The molecule has 0 saturated carbocycles. The first-order valence-corrected chi connectivity index (χ1v) is 6.84. The molecule has 1 amide bonds. The fraction of sp³-hybridized carbons (Fsp3) is 0.533. The van der Waals surface area contributed by atoms with Crippen molar-refractivity contribution in [1.82, 2.24) is 10.6 Å². The number of carbonyl (C=O) groups excluding carboxylic acids is 1. The van der Waals surface area contributed by atoms with E-state index in [0.29, 0.717) is 26.3 Å². The summed E-state index contributed by atoms with van der Waals surface area (Å²) in [4.78, 5) is 11.7. The molecule has 1 aromatic carbocycles. The van der Waals surface area contributed by atoms with E-state index >= 15 is 0 Å². The Morgan fingerprint density at radius 3 is 2.60 bits per heavy atom. The largest absolute Gasteiger partial charge is 0.486 e. The third-order valence-electron chi connectivity index (χ3n) is 2.88. The van der Waals surface area contributed by atoms with Crippen molar-refractivity contribution in [1.29, 1.82) is 0 Å². The molecule has 0 fully saturated rings. The standard InChI is InChI=1S/C15H22N2O3/c1-15(2,3)17-10-14(18)16-9-11-4-5-12-13(8-11)20-7-6-19-12/h4-5,8,17H,6-7,9-10H2,1-3H3,(H,16,18).